The molecular weight excluding hydrogens is 324 g/mol. The van der Waals surface area contributed by atoms with E-state index in [2.05, 4.69) is 24.1 Å². The van der Waals surface area contributed by atoms with Crippen molar-refractivity contribution in [1.82, 2.24) is 4.98 Å². The highest BCUT2D eigenvalue weighted by atomic mass is 16.3. The zero-order chi connectivity index (χ0) is 18.3. The molecular formula is C22H22N2O2. The number of carbonyl (C=O) groups is 1. The van der Waals surface area contributed by atoms with Crippen molar-refractivity contribution in [2.24, 2.45) is 5.41 Å². The summed E-state index contributed by atoms with van der Waals surface area (Å²) in [5.74, 6) is 2.30. The van der Waals surface area contributed by atoms with E-state index < -0.39 is 0 Å². The topological polar surface area (TPSA) is 55.1 Å². The minimum absolute atomic E-state index is 0.0885. The highest BCUT2D eigenvalue weighted by Gasteiger charge is 2.37. The third kappa shape index (κ3) is 3.03. The molecule has 0 saturated heterocycles. The van der Waals surface area contributed by atoms with Gasteiger partial charge in [0.1, 0.15) is 11.6 Å². The number of nitrogens with one attached hydrogen (secondary N) is 1. The molecule has 0 amide bonds. The molecule has 0 radical (unpaired) electrons. The van der Waals surface area contributed by atoms with Crippen molar-refractivity contribution in [2.45, 2.75) is 33.6 Å². The van der Waals surface area contributed by atoms with E-state index >= 15 is 0 Å². The van der Waals surface area contributed by atoms with Crippen LogP contribution < -0.4 is 5.32 Å². The second-order valence-electron chi connectivity index (χ2n) is 7.75. The highest BCUT2D eigenvalue weighted by molar-refractivity contribution is 6.06. The third-order valence-corrected chi connectivity index (χ3v) is 4.74. The molecule has 0 bridgehead atoms. The molecule has 0 saturated carbocycles. The minimum atomic E-state index is -0.0885. The number of fused-ring (bicyclic) bond motifs is 1. The lowest BCUT2D eigenvalue weighted by molar-refractivity contribution is 0.0905. The van der Waals surface area contributed by atoms with Crippen molar-refractivity contribution in [2.75, 3.05) is 5.32 Å². The molecule has 2 aromatic heterocycles. The zero-order valence-electron chi connectivity index (χ0n) is 15.3. The number of furan rings is 1. The summed E-state index contributed by atoms with van der Waals surface area (Å²) in [6.07, 6.45) is 3.03. The Kier molecular flexibility index (Phi) is 3.91. The van der Waals surface area contributed by atoms with Gasteiger partial charge in [0.15, 0.2) is 11.5 Å². The van der Waals surface area contributed by atoms with Gasteiger partial charge in [-0.2, -0.15) is 0 Å². The molecule has 0 fully saturated rings. The molecule has 1 N–H and O–H groups in total. The molecule has 132 valence electrons. The number of benzene rings is 1. The number of rotatable bonds is 3. The second kappa shape index (κ2) is 6.13. The Morgan fingerprint density at radius 1 is 1.12 bits per heavy atom. The van der Waals surface area contributed by atoms with E-state index in [0.717, 1.165) is 29.0 Å². The van der Waals surface area contributed by atoms with E-state index in [4.69, 9.17) is 4.42 Å². The maximum absolute atomic E-state index is 12.9. The maximum atomic E-state index is 12.9. The van der Waals surface area contributed by atoms with E-state index in [9.17, 15) is 4.79 Å². The Hall–Kier alpha value is -2.88. The van der Waals surface area contributed by atoms with Crippen LogP contribution in [-0.4, -0.2) is 10.8 Å². The third-order valence-electron chi connectivity index (χ3n) is 4.74. The van der Waals surface area contributed by atoms with Crippen LogP contribution in [0.25, 0.3) is 11.3 Å². The molecule has 1 aliphatic carbocycles. The summed E-state index contributed by atoms with van der Waals surface area (Å²) in [6.45, 7) is 6.23. The van der Waals surface area contributed by atoms with E-state index in [1.165, 1.54) is 0 Å². The number of ketones is 1. The highest BCUT2D eigenvalue weighted by Crippen LogP contribution is 2.45. The van der Waals surface area contributed by atoms with Crippen molar-refractivity contribution in [3.8, 4) is 11.3 Å². The molecule has 0 spiro atoms. The first-order chi connectivity index (χ1) is 12.4. The van der Waals surface area contributed by atoms with Gasteiger partial charge in [-0.1, -0.05) is 44.2 Å². The summed E-state index contributed by atoms with van der Waals surface area (Å²) >= 11 is 0. The maximum Gasteiger partial charge on any atom is 0.169 e. The molecule has 4 rings (SSSR count). The van der Waals surface area contributed by atoms with Crippen molar-refractivity contribution >= 4 is 17.3 Å². The molecule has 1 aromatic carbocycles. The number of Topliss-reactive ketones (excluding diaryl/α,β-unsaturated/α-hetero) is 1. The van der Waals surface area contributed by atoms with Crippen molar-refractivity contribution in [3.05, 3.63) is 65.5 Å². The van der Waals surface area contributed by atoms with Gasteiger partial charge in [-0.25, -0.2) is 4.98 Å². The molecule has 1 aliphatic rings. The van der Waals surface area contributed by atoms with Crippen LogP contribution in [0.15, 0.2) is 53.1 Å². The largest absolute Gasteiger partial charge is 0.458 e. The van der Waals surface area contributed by atoms with Crippen LogP contribution in [0, 0.1) is 12.3 Å². The van der Waals surface area contributed by atoms with Crippen molar-refractivity contribution < 1.29 is 9.21 Å². The van der Waals surface area contributed by atoms with Gasteiger partial charge in [0.25, 0.3) is 0 Å². The molecule has 0 aliphatic heterocycles. The summed E-state index contributed by atoms with van der Waals surface area (Å²) in [4.78, 5) is 17.3. The number of anilines is 2. The lowest BCUT2D eigenvalue weighted by Gasteiger charge is -2.27. The van der Waals surface area contributed by atoms with Gasteiger partial charge in [0.05, 0.1) is 11.3 Å². The molecule has 0 unspecified atom stereocenters. The van der Waals surface area contributed by atoms with Crippen LogP contribution in [0.1, 0.15) is 41.9 Å². The Balaban J connectivity index is 1.88. The van der Waals surface area contributed by atoms with Gasteiger partial charge in [-0.3, -0.25) is 4.79 Å². The van der Waals surface area contributed by atoms with Crippen molar-refractivity contribution in [1.29, 1.82) is 0 Å². The van der Waals surface area contributed by atoms with Gasteiger partial charge >= 0.3 is 0 Å². The lowest BCUT2D eigenvalue weighted by Crippen LogP contribution is -2.26. The van der Waals surface area contributed by atoms with Crippen LogP contribution in [-0.2, 0) is 6.42 Å². The van der Waals surface area contributed by atoms with E-state index in [-0.39, 0.29) is 11.2 Å². The first-order valence-corrected chi connectivity index (χ1v) is 8.87. The first-order valence-electron chi connectivity index (χ1n) is 8.87. The van der Waals surface area contributed by atoms with Gasteiger partial charge in [0.2, 0.25) is 0 Å². The predicted octanol–water partition coefficient (Wildman–Crippen LogP) is 5.55. The minimum Gasteiger partial charge on any atom is -0.458 e. The average Bonchev–Trinajstić information content (AvgIpc) is 2.93. The van der Waals surface area contributed by atoms with Gasteiger partial charge in [0, 0.05) is 24.6 Å². The second-order valence-corrected chi connectivity index (χ2v) is 7.75. The van der Waals surface area contributed by atoms with Gasteiger partial charge < -0.3 is 9.73 Å². The number of hydrogen-bond acceptors (Lipinski definition) is 4. The fourth-order valence-corrected chi connectivity index (χ4v) is 3.56. The van der Waals surface area contributed by atoms with E-state index in [1.807, 2.05) is 49.4 Å². The number of aromatic nitrogens is 1. The predicted molar refractivity (Wildman–Crippen MR) is 103 cm³/mol. The average molecular weight is 346 g/mol. The standard InChI is InChI=1S/C22H22N2O2/c1-14-9-10-23-18(11-14)24-20-19-16(25)12-22(2,3)13-17(19)26-21(20)15-7-5-4-6-8-15/h4-11H,12-13H2,1-3H3,(H,23,24). The first kappa shape index (κ1) is 16.6. The quantitative estimate of drug-likeness (QED) is 0.675. The number of carbonyl (C=O) groups excluding carboxylic acids is 1. The summed E-state index contributed by atoms with van der Waals surface area (Å²) in [5, 5.41) is 3.35. The summed E-state index contributed by atoms with van der Waals surface area (Å²) in [7, 11) is 0. The summed E-state index contributed by atoms with van der Waals surface area (Å²) in [5.41, 5.74) is 3.36. The summed E-state index contributed by atoms with van der Waals surface area (Å²) in [6, 6.07) is 13.8. The Morgan fingerprint density at radius 2 is 1.88 bits per heavy atom. The smallest absolute Gasteiger partial charge is 0.169 e. The van der Waals surface area contributed by atoms with Crippen LogP contribution in [0.4, 0.5) is 11.5 Å². The van der Waals surface area contributed by atoms with Crippen molar-refractivity contribution in [3.63, 3.8) is 0 Å². The molecule has 0 atom stereocenters. The van der Waals surface area contributed by atoms with E-state index in [0.29, 0.717) is 23.6 Å². The zero-order valence-corrected chi connectivity index (χ0v) is 15.3. The van der Waals surface area contributed by atoms with Gasteiger partial charge in [-0.05, 0) is 30.0 Å². The van der Waals surface area contributed by atoms with E-state index in [1.54, 1.807) is 6.20 Å². The normalized spacial score (nSPS) is 15.6. The molecule has 4 heteroatoms. The van der Waals surface area contributed by atoms with Crippen LogP contribution >= 0.6 is 0 Å². The van der Waals surface area contributed by atoms with Gasteiger partial charge in [-0.15, -0.1) is 0 Å². The fourth-order valence-electron chi connectivity index (χ4n) is 3.56. The lowest BCUT2D eigenvalue weighted by atomic mass is 9.76. The van der Waals surface area contributed by atoms with Crippen LogP contribution in [0.3, 0.4) is 0 Å². The number of hydrogen-bond donors (Lipinski definition) is 1. The summed E-state index contributed by atoms with van der Waals surface area (Å²) < 4.78 is 6.22. The Labute approximate surface area is 153 Å². The fraction of sp³-hybridized carbons (Fsp3) is 0.273. The van der Waals surface area contributed by atoms with Crippen LogP contribution in [0.2, 0.25) is 0 Å². The monoisotopic (exact) mass is 346 g/mol. The molecule has 26 heavy (non-hydrogen) atoms. The number of pyridine rings is 1. The molecule has 2 heterocycles. The SMILES string of the molecule is Cc1ccnc(Nc2c(-c3ccccc3)oc3c2C(=O)CC(C)(C)C3)c1. The Morgan fingerprint density at radius 3 is 2.62 bits per heavy atom. The number of nitrogens with zero attached hydrogens (tertiary/aromatic N) is 1. The molecule has 3 aromatic rings. The van der Waals surface area contributed by atoms with Crippen LogP contribution in [0.5, 0.6) is 0 Å². The molecule has 4 nitrogen and oxygen atoms in total. The number of aryl methyl sites for hydroxylation is 1. The Bertz CT molecular complexity index is 971.